The molecule has 0 rings (SSSR count). The second-order valence-corrected chi connectivity index (χ2v) is 17.1. The second kappa shape index (κ2) is 51.0. The summed E-state index contributed by atoms with van der Waals surface area (Å²) < 4.78 is 17.3. The standard InChI is InChI=1S/C55H98O5/c1-4-7-10-13-16-19-22-24-26-28-29-31-34-36-39-42-45-48-54(56)59-52-53(60-55(57)49-46-43-40-37-33-21-18-15-12-9-6-3)51-58-50-47-44-41-38-35-32-30-27-25-23-20-17-14-11-8-5-2/h7,10,16,19,24,26,29,31,36,39,53H,4-6,8-9,11-15,17-18,20-23,25,27-28,30,32-35,37-38,40-52H2,1-3H3/b10-7-,19-16-,26-24-,31-29-,39-36-/t53-/m1/s1. The molecule has 0 spiro atoms. The molecule has 0 saturated heterocycles. The van der Waals surface area contributed by atoms with Crippen LogP contribution in [0.3, 0.4) is 0 Å². The zero-order valence-electron chi connectivity index (χ0n) is 40.0. The van der Waals surface area contributed by atoms with Gasteiger partial charge in [-0.05, 0) is 57.8 Å². The minimum atomic E-state index is -0.554. The van der Waals surface area contributed by atoms with Crippen molar-refractivity contribution in [3.8, 4) is 0 Å². The SMILES string of the molecule is CC/C=C\C/C=C\C/C=C\C/C=C\C/C=C\CCCC(=O)OC[C@@H](COCCCCCCCCCCCCCCCCCC)OC(=O)CCCCCCCCCCCCC. The highest BCUT2D eigenvalue weighted by molar-refractivity contribution is 5.70. The van der Waals surface area contributed by atoms with Crippen LogP contribution < -0.4 is 0 Å². The van der Waals surface area contributed by atoms with E-state index in [9.17, 15) is 9.59 Å². The molecular weight excluding hydrogens is 741 g/mol. The molecule has 348 valence electrons. The Kier molecular flexibility index (Phi) is 48.9. The molecule has 0 unspecified atom stereocenters. The van der Waals surface area contributed by atoms with E-state index >= 15 is 0 Å². The quantitative estimate of drug-likeness (QED) is 0.0347. The Labute approximate surface area is 373 Å². The van der Waals surface area contributed by atoms with Crippen LogP contribution in [0.4, 0.5) is 0 Å². The van der Waals surface area contributed by atoms with Gasteiger partial charge < -0.3 is 14.2 Å². The fourth-order valence-corrected chi connectivity index (χ4v) is 7.25. The molecule has 5 heteroatoms. The Morgan fingerprint density at radius 2 is 0.750 bits per heavy atom. The first-order chi connectivity index (χ1) is 29.6. The molecule has 0 saturated carbocycles. The molecule has 0 N–H and O–H groups in total. The molecule has 0 aromatic rings. The molecule has 0 aromatic carbocycles. The van der Waals surface area contributed by atoms with E-state index in [0.29, 0.717) is 19.4 Å². The van der Waals surface area contributed by atoms with Crippen LogP contribution in [-0.2, 0) is 23.8 Å². The Balaban J connectivity index is 4.30. The van der Waals surface area contributed by atoms with Crippen molar-refractivity contribution >= 4 is 11.9 Å². The third-order valence-corrected chi connectivity index (χ3v) is 11.1. The highest BCUT2D eigenvalue weighted by Crippen LogP contribution is 2.15. The van der Waals surface area contributed by atoms with Crippen molar-refractivity contribution in [2.24, 2.45) is 0 Å². The number of esters is 2. The molecule has 0 radical (unpaired) electrons. The molecule has 0 bridgehead atoms. The summed E-state index contributed by atoms with van der Waals surface area (Å²) in [6.45, 7) is 7.68. The molecule has 0 aliphatic carbocycles. The molecule has 60 heavy (non-hydrogen) atoms. The number of carbonyl (C=O) groups is 2. The zero-order chi connectivity index (χ0) is 43.5. The minimum absolute atomic E-state index is 0.0590. The maximum atomic E-state index is 12.8. The van der Waals surface area contributed by atoms with Gasteiger partial charge >= 0.3 is 11.9 Å². The van der Waals surface area contributed by atoms with Gasteiger partial charge in [-0.1, -0.05) is 242 Å². The molecule has 0 fully saturated rings. The monoisotopic (exact) mass is 839 g/mol. The summed E-state index contributed by atoms with van der Waals surface area (Å²) in [5, 5.41) is 0. The highest BCUT2D eigenvalue weighted by Gasteiger charge is 2.17. The van der Waals surface area contributed by atoms with Gasteiger partial charge in [0.25, 0.3) is 0 Å². The van der Waals surface area contributed by atoms with Crippen molar-refractivity contribution < 1.29 is 23.8 Å². The first-order valence-corrected chi connectivity index (χ1v) is 25.8. The lowest BCUT2D eigenvalue weighted by Crippen LogP contribution is -2.30. The largest absolute Gasteiger partial charge is 0.462 e. The van der Waals surface area contributed by atoms with Crippen LogP contribution in [0.2, 0.25) is 0 Å². The predicted molar refractivity (Wildman–Crippen MR) is 261 cm³/mol. The first kappa shape index (κ1) is 57.6. The summed E-state index contributed by atoms with van der Waals surface area (Å²) in [7, 11) is 0. The van der Waals surface area contributed by atoms with Gasteiger partial charge in [0, 0.05) is 19.4 Å². The maximum Gasteiger partial charge on any atom is 0.306 e. The number of hydrogen-bond donors (Lipinski definition) is 0. The van der Waals surface area contributed by atoms with E-state index < -0.39 is 6.10 Å². The average molecular weight is 839 g/mol. The fraction of sp³-hybridized carbons (Fsp3) is 0.782. The van der Waals surface area contributed by atoms with Crippen LogP contribution in [0, 0.1) is 0 Å². The van der Waals surface area contributed by atoms with Gasteiger partial charge in [0.2, 0.25) is 0 Å². The lowest BCUT2D eigenvalue weighted by Gasteiger charge is -2.18. The van der Waals surface area contributed by atoms with Crippen LogP contribution in [0.5, 0.6) is 0 Å². The van der Waals surface area contributed by atoms with E-state index in [1.165, 1.54) is 148 Å². The summed E-state index contributed by atoms with van der Waals surface area (Å²) in [5.74, 6) is -0.456. The van der Waals surface area contributed by atoms with Crippen LogP contribution in [-0.4, -0.2) is 37.9 Å². The molecule has 1 atom stereocenters. The van der Waals surface area contributed by atoms with E-state index in [-0.39, 0.29) is 25.2 Å². The van der Waals surface area contributed by atoms with Gasteiger partial charge in [0.1, 0.15) is 6.61 Å². The summed E-state index contributed by atoms with van der Waals surface area (Å²) in [5.41, 5.74) is 0. The van der Waals surface area contributed by atoms with E-state index in [4.69, 9.17) is 14.2 Å². The number of ether oxygens (including phenoxy) is 3. The van der Waals surface area contributed by atoms with Crippen molar-refractivity contribution in [1.82, 2.24) is 0 Å². The number of hydrogen-bond acceptors (Lipinski definition) is 5. The third-order valence-electron chi connectivity index (χ3n) is 11.1. The van der Waals surface area contributed by atoms with Gasteiger partial charge in [-0.15, -0.1) is 0 Å². The summed E-state index contributed by atoms with van der Waals surface area (Å²) in [6.07, 6.45) is 63.8. The maximum absolute atomic E-state index is 12.8. The van der Waals surface area contributed by atoms with Gasteiger partial charge in [-0.3, -0.25) is 9.59 Å². The van der Waals surface area contributed by atoms with Gasteiger partial charge in [0.05, 0.1) is 6.61 Å². The fourth-order valence-electron chi connectivity index (χ4n) is 7.25. The topological polar surface area (TPSA) is 61.8 Å². The summed E-state index contributed by atoms with van der Waals surface area (Å²) in [4.78, 5) is 25.3. The third kappa shape index (κ3) is 48.3. The second-order valence-electron chi connectivity index (χ2n) is 17.1. The summed E-state index contributed by atoms with van der Waals surface area (Å²) in [6, 6.07) is 0. The molecule has 0 aromatic heterocycles. The Hall–Kier alpha value is -2.40. The highest BCUT2D eigenvalue weighted by atomic mass is 16.6. The van der Waals surface area contributed by atoms with Crippen molar-refractivity contribution in [3.05, 3.63) is 60.8 Å². The number of carbonyl (C=O) groups excluding carboxylic acids is 2. The van der Waals surface area contributed by atoms with Crippen molar-refractivity contribution in [1.29, 1.82) is 0 Å². The van der Waals surface area contributed by atoms with E-state index in [2.05, 4.69) is 81.5 Å². The molecule has 0 amide bonds. The molecular formula is C55H98O5. The first-order valence-electron chi connectivity index (χ1n) is 25.8. The number of unbranched alkanes of at least 4 members (excludes halogenated alkanes) is 26. The molecule has 0 aliphatic heterocycles. The van der Waals surface area contributed by atoms with Gasteiger partial charge in [-0.2, -0.15) is 0 Å². The lowest BCUT2D eigenvalue weighted by molar-refractivity contribution is -0.163. The molecule has 0 aliphatic rings. The molecule has 0 heterocycles. The summed E-state index contributed by atoms with van der Waals surface area (Å²) >= 11 is 0. The van der Waals surface area contributed by atoms with Crippen LogP contribution >= 0.6 is 0 Å². The van der Waals surface area contributed by atoms with E-state index in [1.54, 1.807) is 0 Å². The van der Waals surface area contributed by atoms with Crippen LogP contribution in [0.1, 0.15) is 252 Å². The number of rotatable bonds is 47. The minimum Gasteiger partial charge on any atom is -0.462 e. The Bertz CT molecular complexity index is 1040. The predicted octanol–water partition coefficient (Wildman–Crippen LogP) is 17.3. The van der Waals surface area contributed by atoms with E-state index in [0.717, 1.165) is 70.6 Å². The molecule has 5 nitrogen and oxygen atoms in total. The average Bonchev–Trinajstić information content (AvgIpc) is 3.25. The normalized spacial score (nSPS) is 12.7. The van der Waals surface area contributed by atoms with Crippen LogP contribution in [0.15, 0.2) is 60.8 Å². The smallest absolute Gasteiger partial charge is 0.306 e. The van der Waals surface area contributed by atoms with Crippen LogP contribution in [0.25, 0.3) is 0 Å². The van der Waals surface area contributed by atoms with Gasteiger partial charge in [-0.25, -0.2) is 0 Å². The zero-order valence-corrected chi connectivity index (χ0v) is 40.0. The van der Waals surface area contributed by atoms with Gasteiger partial charge in [0.15, 0.2) is 6.10 Å². The van der Waals surface area contributed by atoms with E-state index in [1.807, 2.05) is 0 Å². The Morgan fingerprint density at radius 3 is 1.18 bits per heavy atom. The number of allylic oxidation sites excluding steroid dienone is 10. The van der Waals surface area contributed by atoms with Crippen molar-refractivity contribution in [2.45, 2.75) is 258 Å². The lowest BCUT2D eigenvalue weighted by atomic mass is 10.0. The van der Waals surface area contributed by atoms with Crippen molar-refractivity contribution in [3.63, 3.8) is 0 Å². The Morgan fingerprint density at radius 1 is 0.383 bits per heavy atom. The van der Waals surface area contributed by atoms with Crippen molar-refractivity contribution in [2.75, 3.05) is 19.8 Å².